The third-order valence-corrected chi connectivity index (χ3v) is 2.14. The van der Waals surface area contributed by atoms with E-state index in [0.29, 0.717) is 0 Å². The van der Waals surface area contributed by atoms with Gasteiger partial charge in [0.2, 0.25) is 5.79 Å². The van der Waals surface area contributed by atoms with Crippen LogP contribution in [0.3, 0.4) is 0 Å². The molecule has 0 saturated carbocycles. The molecule has 1 aliphatic rings. The van der Waals surface area contributed by atoms with Gasteiger partial charge < -0.3 is 24.2 Å². The summed E-state index contributed by atoms with van der Waals surface area (Å²) in [6.07, 6.45) is 2.59. The predicted octanol–water partition coefficient (Wildman–Crippen LogP) is 1.44. The van der Waals surface area contributed by atoms with E-state index >= 15 is 0 Å². The largest absolute Gasteiger partial charge is 0.466 e. The highest BCUT2D eigenvalue weighted by Gasteiger charge is 2.37. The monoisotopic (exact) mass is 274 g/mol. The lowest BCUT2D eigenvalue weighted by Crippen LogP contribution is -2.46. The second-order valence-electron chi connectivity index (χ2n) is 3.54. The van der Waals surface area contributed by atoms with Gasteiger partial charge in [0, 0.05) is 6.42 Å². The molecule has 3 N–H and O–H groups in total. The van der Waals surface area contributed by atoms with Gasteiger partial charge in [0.05, 0.1) is 6.61 Å². The van der Waals surface area contributed by atoms with Crippen LogP contribution in [0.5, 0.6) is 5.75 Å². The zero-order valence-corrected chi connectivity index (χ0v) is 10.5. The number of hydrogen-bond donors (Lipinski definition) is 3. The number of benzene rings is 1. The quantitative estimate of drug-likeness (QED) is 0.570. The molecule has 1 fully saturated rings. The topological polar surface area (TPSA) is 96.2 Å². The average Bonchev–Trinajstić information content (AvgIpc) is 2.23. The molecule has 1 saturated heterocycles. The fraction of sp³-hybridized carbons (Fsp3) is 0.273. The van der Waals surface area contributed by atoms with E-state index in [0.717, 1.165) is 18.8 Å². The first-order valence-electron chi connectivity index (χ1n) is 5.14. The van der Waals surface area contributed by atoms with Gasteiger partial charge in [-0.15, -0.1) is 0 Å². The third-order valence-electron chi connectivity index (χ3n) is 2.14. The first-order chi connectivity index (χ1) is 8.35. The van der Waals surface area contributed by atoms with E-state index in [4.69, 9.17) is 28.7 Å². The number of ether oxygens (including phenoxy) is 2. The maximum Gasteiger partial charge on any atom is 0.466 e. The van der Waals surface area contributed by atoms with Crippen molar-refractivity contribution in [3.63, 3.8) is 0 Å². The van der Waals surface area contributed by atoms with Crippen molar-refractivity contribution < 1.29 is 28.7 Å². The van der Waals surface area contributed by atoms with Crippen LogP contribution in [0.15, 0.2) is 43.0 Å². The van der Waals surface area contributed by atoms with Gasteiger partial charge in [-0.2, -0.15) is 0 Å². The summed E-state index contributed by atoms with van der Waals surface area (Å²) in [6.45, 7) is 4.45. The van der Waals surface area contributed by atoms with Crippen LogP contribution in [-0.2, 0) is 9.30 Å². The molecule has 100 valence electrons. The van der Waals surface area contributed by atoms with E-state index in [1.54, 1.807) is 6.08 Å². The molecule has 1 atom stereocenters. The Morgan fingerprint density at radius 2 is 1.83 bits per heavy atom. The van der Waals surface area contributed by atoms with E-state index in [1.807, 2.05) is 30.3 Å². The van der Waals surface area contributed by atoms with Gasteiger partial charge in [-0.1, -0.05) is 24.8 Å². The summed E-state index contributed by atoms with van der Waals surface area (Å²) in [6, 6.07) is 9.64. The molecule has 0 bridgehead atoms. The van der Waals surface area contributed by atoms with Gasteiger partial charge in [-0.05, 0) is 18.2 Å². The Balaban J connectivity index is 0.000000280. The van der Waals surface area contributed by atoms with Crippen molar-refractivity contribution in [3.8, 4) is 5.75 Å². The van der Waals surface area contributed by atoms with Gasteiger partial charge in [-0.3, -0.25) is 0 Å². The lowest BCUT2D eigenvalue weighted by Gasteiger charge is -2.38. The van der Waals surface area contributed by atoms with Crippen molar-refractivity contribution in [2.45, 2.75) is 12.2 Å². The van der Waals surface area contributed by atoms with Crippen LogP contribution in [0.4, 0.5) is 0 Å². The van der Waals surface area contributed by atoms with E-state index in [1.165, 1.54) is 0 Å². The minimum Gasteiger partial charge on any atom is -0.459 e. The fourth-order valence-electron chi connectivity index (χ4n) is 1.27. The molecule has 6 nitrogen and oxygen atoms in total. The smallest absolute Gasteiger partial charge is 0.459 e. The molecule has 1 aromatic rings. The van der Waals surface area contributed by atoms with Crippen LogP contribution in [0.1, 0.15) is 6.42 Å². The molecule has 0 aliphatic carbocycles. The predicted molar refractivity (Wildman–Crippen MR) is 64.8 cm³/mol. The number of para-hydroxylation sites is 1. The third kappa shape index (κ3) is 5.44. The molecule has 18 heavy (non-hydrogen) atoms. The number of hydrogen-bond acceptors (Lipinski definition) is 3. The van der Waals surface area contributed by atoms with Gasteiger partial charge in [0.1, 0.15) is 5.75 Å². The summed E-state index contributed by atoms with van der Waals surface area (Å²) < 4.78 is 19.9. The summed E-state index contributed by atoms with van der Waals surface area (Å²) in [5.41, 5.74) is 0. The van der Waals surface area contributed by atoms with Crippen molar-refractivity contribution in [2.24, 2.45) is 0 Å². The first-order valence-corrected chi connectivity index (χ1v) is 6.71. The molecule has 1 aliphatic heterocycles. The van der Waals surface area contributed by atoms with Crippen LogP contribution < -0.4 is 4.74 Å². The van der Waals surface area contributed by atoms with E-state index in [-0.39, 0.29) is 0 Å². The van der Waals surface area contributed by atoms with Crippen molar-refractivity contribution >= 4 is 7.82 Å². The highest BCUT2D eigenvalue weighted by Crippen LogP contribution is 2.30. The first kappa shape index (κ1) is 14.9. The molecule has 7 heteroatoms. The Bertz CT molecular complexity index is 414. The number of rotatable bonds is 3. The standard InChI is InChI=1S/C11H12O2.H3O4P/c1-2-11(8-9-12-11)13-10-6-4-3-5-7-10;1-5(2,3)4/h2-7H,1,8-9H2;(H3,1,2,3,4). The second kappa shape index (κ2) is 6.13. The Morgan fingerprint density at radius 3 is 2.17 bits per heavy atom. The Hall–Kier alpha value is -1.17. The maximum atomic E-state index is 8.88. The van der Waals surface area contributed by atoms with Gasteiger partial charge in [-0.25, -0.2) is 4.57 Å². The van der Waals surface area contributed by atoms with Crippen molar-refractivity contribution in [1.29, 1.82) is 0 Å². The Morgan fingerprint density at radius 1 is 1.33 bits per heavy atom. The molecular weight excluding hydrogens is 259 g/mol. The van der Waals surface area contributed by atoms with Crippen LogP contribution in [0, 0.1) is 0 Å². The lowest BCUT2D eigenvalue weighted by atomic mass is 10.1. The van der Waals surface area contributed by atoms with Crippen molar-refractivity contribution in [3.05, 3.63) is 43.0 Å². The van der Waals surface area contributed by atoms with Crippen LogP contribution in [-0.4, -0.2) is 27.1 Å². The molecule has 1 unspecified atom stereocenters. The molecule has 1 heterocycles. The highest BCUT2D eigenvalue weighted by molar-refractivity contribution is 7.45. The summed E-state index contributed by atoms with van der Waals surface area (Å²) in [7, 11) is -4.64. The molecular formula is C11H15O6P. The molecule has 0 radical (unpaired) electrons. The zero-order valence-electron chi connectivity index (χ0n) is 9.60. The summed E-state index contributed by atoms with van der Waals surface area (Å²) >= 11 is 0. The van der Waals surface area contributed by atoms with Crippen LogP contribution in [0.25, 0.3) is 0 Å². The summed E-state index contributed by atoms with van der Waals surface area (Å²) in [5.74, 6) is 0.253. The minimum atomic E-state index is -4.64. The molecule has 2 rings (SSSR count). The van der Waals surface area contributed by atoms with Crippen LogP contribution >= 0.6 is 7.82 Å². The normalized spacial score (nSPS) is 22.2. The minimum absolute atomic E-state index is 0.568. The number of phosphoric acid groups is 1. The average molecular weight is 274 g/mol. The zero-order chi connectivity index (χ0) is 13.6. The maximum absolute atomic E-state index is 8.88. The molecule has 1 aromatic carbocycles. The van der Waals surface area contributed by atoms with Gasteiger partial charge in [0.25, 0.3) is 0 Å². The SMILES string of the molecule is C=CC1(Oc2ccccc2)CCO1.O=P(O)(O)O. The summed E-state index contributed by atoms with van der Waals surface area (Å²) in [5, 5.41) is 0. The fourth-order valence-corrected chi connectivity index (χ4v) is 1.27. The van der Waals surface area contributed by atoms with E-state index in [2.05, 4.69) is 6.58 Å². The molecule has 0 aromatic heterocycles. The van der Waals surface area contributed by atoms with Crippen molar-refractivity contribution in [2.75, 3.05) is 6.61 Å². The van der Waals surface area contributed by atoms with Gasteiger partial charge in [0.15, 0.2) is 0 Å². The van der Waals surface area contributed by atoms with Gasteiger partial charge >= 0.3 is 7.82 Å². The Labute approximate surface area is 105 Å². The highest BCUT2D eigenvalue weighted by atomic mass is 31.2. The Kier molecular flexibility index (Phi) is 5.07. The van der Waals surface area contributed by atoms with E-state index in [9.17, 15) is 0 Å². The molecule has 0 amide bonds. The van der Waals surface area contributed by atoms with Crippen LogP contribution in [0.2, 0.25) is 0 Å². The summed E-state index contributed by atoms with van der Waals surface area (Å²) in [4.78, 5) is 21.6. The second-order valence-corrected chi connectivity index (χ2v) is 4.57. The van der Waals surface area contributed by atoms with Crippen molar-refractivity contribution in [1.82, 2.24) is 0 Å². The molecule has 0 spiro atoms. The lowest BCUT2D eigenvalue weighted by molar-refractivity contribution is -0.229. The van der Waals surface area contributed by atoms with E-state index < -0.39 is 13.6 Å².